The maximum Gasteiger partial charge on any atom is 0.336 e. The minimum absolute atomic E-state index is 0.114. The highest BCUT2D eigenvalue weighted by Crippen LogP contribution is 2.43. The van der Waals surface area contributed by atoms with Crippen molar-refractivity contribution in [2.45, 2.75) is 32.3 Å². The van der Waals surface area contributed by atoms with Crippen molar-refractivity contribution >= 4 is 11.9 Å². The molecule has 3 aliphatic rings. The number of amides is 1. The zero-order valence-corrected chi connectivity index (χ0v) is 18.0. The SMILES string of the molecule is CC1=C(N2CCC3(CCN(C[C@@H](O)c4ccc(-n5cnnn5)cc4)CC3)C2=O)COC1=O. The van der Waals surface area contributed by atoms with Gasteiger partial charge in [-0.15, -0.1) is 5.10 Å². The summed E-state index contributed by atoms with van der Waals surface area (Å²) in [4.78, 5) is 28.9. The third-order valence-corrected chi connectivity index (χ3v) is 7.05. The summed E-state index contributed by atoms with van der Waals surface area (Å²) in [5, 5.41) is 21.8. The molecular formula is C22H26N6O4. The Bertz CT molecular complexity index is 1040. The van der Waals surface area contributed by atoms with Crippen molar-refractivity contribution in [3.63, 3.8) is 0 Å². The van der Waals surface area contributed by atoms with Crippen molar-refractivity contribution in [3.8, 4) is 5.69 Å². The molecule has 0 saturated carbocycles. The predicted octanol–water partition coefficient (Wildman–Crippen LogP) is 0.841. The van der Waals surface area contributed by atoms with Crippen LogP contribution >= 0.6 is 0 Å². The molecule has 4 heterocycles. The number of aromatic nitrogens is 4. The first-order valence-corrected chi connectivity index (χ1v) is 10.9. The number of rotatable bonds is 5. The highest BCUT2D eigenvalue weighted by Gasteiger charge is 2.50. The molecule has 32 heavy (non-hydrogen) atoms. The Balaban J connectivity index is 1.18. The molecule has 1 amide bonds. The van der Waals surface area contributed by atoms with Crippen LogP contribution in [-0.4, -0.2) is 79.8 Å². The second-order valence-corrected chi connectivity index (χ2v) is 8.80. The van der Waals surface area contributed by atoms with Gasteiger partial charge in [-0.25, -0.2) is 9.48 Å². The van der Waals surface area contributed by atoms with Crippen molar-refractivity contribution in [1.29, 1.82) is 0 Å². The molecule has 10 nitrogen and oxygen atoms in total. The zero-order valence-electron chi connectivity index (χ0n) is 18.0. The first-order valence-electron chi connectivity index (χ1n) is 10.9. The van der Waals surface area contributed by atoms with Crippen molar-refractivity contribution in [2.75, 3.05) is 32.8 Å². The summed E-state index contributed by atoms with van der Waals surface area (Å²) < 4.78 is 6.65. The second-order valence-electron chi connectivity index (χ2n) is 8.80. The summed E-state index contributed by atoms with van der Waals surface area (Å²) >= 11 is 0. The van der Waals surface area contributed by atoms with Gasteiger partial charge < -0.3 is 19.6 Å². The van der Waals surface area contributed by atoms with Crippen LogP contribution in [0.3, 0.4) is 0 Å². The molecule has 2 fully saturated rings. The molecule has 0 aliphatic carbocycles. The number of nitrogens with zero attached hydrogens (tertiary/aromatic N) is 6. The second kappa shape index (κ2) is 8.10. The number of aliphatic hydroxyl groups excluding tert-OH is 1. The van der Waals surface area contributed by atoms with Crippen LogP contribution in [0.15, 0.2) is 41.9 Å². The first kappa shape index (κ1) is 20.8. The van der Waals surface area contributed by atoms with Gasteiger partial charge >= 0.3 is 5.97 Å². The molecule has 1 atom stereocenters. The number of benzene rings is 1. The highest BCUT2D eigenvalue weighted by atomic mass is 16.5. The van der Waals surface area contributed by atoms with E-state index in [1.807, 2.05) is 24.3 Å². The van der Waals surface area contributed by atoms with Gasteiger partial charge in [-0.2, -0.15) is 0 Å². The molecule has 0 unspecified atom stereocenters. The fraction of sp³-hybridized carbons (Fsp3) is 0.500. The summed E-state index contributed by atoms with van der Waals surface area (Å²) in [6.07, 6.45) is 3.22. The van der Waals surface area contributed by atoms with Crippen LogP contribution in [-0.2, 0) is 14.3 Å². The largest absolute Gasteiger partial charge is 0.456 e. The van der Waals surface area contributed by atoms with Crippen LogP contribution in [0, 0.1) is 5.41 Å². The topological polar surface area (TPSA) is 114 Å². The molecule has 2 aromatic rings. The number of esters is 1. The predicted molar refractivity (Wildman–Crippen MR) is 112 cm³/mol. The molecule has 1 N–H and O–H groups in total. The molecule has 0 bridgehead atoms. The van der Waals surface area contributed by atoms with Gasteiger partial charge in [0, 0.05) is 13.1 Å². The molecule has 2 saturated heterocycles. The maximum absolute atomic E-state index is 13.2. The van der Waals surface area contributed by atoms with Gasteiger partial charge in [-0.05, 0) is 67.4 Å². The number of β-amino-alcohol motifs (C(OH)–C–C–N with tert-alkyl or cyclic N) is 1. The molecule has 0 radical (unpaired) electrons. The van der Waals surface area contributed by atoms with Crippen LogP contribution in [0.25, 0.3) is 5.69 Å². The lowest BCUT2D eigenvalue weighted by Crippen LogP contribution is -2.45. The summed E-state index contributed by atoms with van der Waals surface area (Å²) in [6.45, 7) is 4.59. The van der Waals surface area contributed by atoms with E-state index in [4.69, 9.17) is 4.74 Å². The smallest absolute Gasteiger partial charge is 0.336 e. The number of aliphatic hydroxyl groups is 1. The van der Waals surface area contributed by atoms with Crippen molar-refractivity contribution in [3.05, 3.63) is 47.4 Å². The van der Waals surface area contributed by atoms with Crippen LogP contribution < -0.4 is 0 Å². The van der Waals surface area contributed by atoms with Gasteiger partial charge in [0.05, 0.1) is 28.5 Å². The maximum atomic E-state index is 13.2. The average Bonchev–Trinajstić information content (AvgIpc) is 3.53. The molecule has 5 rings (SSSR count). The van der Waals surface area contributed by atoms with E-state index in [0.29, 0.717) is 18.7 Å². The third kappa shape index (κ3) is 3.59. The van der Waals surface area contributed by atoms with Gasteiger partial charge in [-0.1, -0.05) is 12.1 Å². The van der Waals surface area contributed by atoms with Gasteiger partial charge in [0.2, 0.25) is 5.91 Å². The molecule has 10 heteroatoms. The number of tetrazole rings is 1. The van der Waals surface area contributed by atoms with E-state index in [0.717, 1.165) is 49.3 Å². The number of piperidine rings is 1. The van der Waals surface area contributed by atoms with Crippen LogP contribution in [0.2, 0.25) is 0 Å². The number of carbonyl (C=O) groups is 2. The number of ether oxygens (including phenoxy) is 1. The van der Waals surface area contributed by atoms with Gasteiger partial charge in [-0.3, -0.25) is 4.79 Å². The van der Waals surface area contributed by atoms with E-state index in [1.54, 1.807) is 16.5 Å². The monoisotopic (exact) mass is 438 g/mol. The first-order chi connectivity index (χ1) is 15.5. The van der Waals surface area contributed by atoms with E-state index in [9.17, 15) is 14.7 Å². The molecule has 1 aromatic heterocycles. The van der Waals surface area contributed by atoms with E-state index < -0.39 is 6.10 Å². The van der Waals surface area contributed by atoms with E-state index in [1.165, 1.54) is 6.33 Å². The van der Waals surface area contributed by atoms with Crippen molar-refractivity contribution < 1.29 is 19.4 Å². The lowest BCUT2D eigenvalue weighted by Gasteiger charge is -2.38. The number of hydrogen-bond donors (Lipinski definition) is 1. The highest BCUT2D eigenvalue weighted by molar-refractivity contribution is 5.94. The van der Waals surface area contributed by atoms with Crippen LogP contribution in [0.5, 0.6) is 0 Å². The fourth-order valence-electron chi connectivity index (χ4n) is 4.93. The molecule has 1 spiro atoms. The Labute approximate surface area is 185 Å². The summed E-state index contributed by atoms with van der Waals surface area (Å²) in [6, 6.07) is 7.51. The summed E-state index contributed by atoms with van der Waals surface area (Å²) in [5.41, 5.74) is 2.56. The Hall–Kier alpha value is -3.11. The Morgan fingerprint density at radius 2 is 1.84 bits per heavy atom. The van der Waals surface area contributed by atoms with E-state index >= 15 is 0 Å². The lowest BCUT2D eigenvalue weighted by molar-refractivity contribution is -0.138. The number of hydrogen-bond acceptors (Lipinski definition) is 8. The van der Waals surface area contributed by atoms with E-state index in [2.05, 4.69) is 20.4 Å². The average molecular weight is 438 g/mol. The number of carbonyl (C=O) groups excluding carboxylic acids is 2. The number of cyclic esters (lactones) is 1. The Morgan fingerprint density at radius 1 is 1.12 bits per heavy atom. The Kier molecular flexibility index (Phi) is 5.26. The molecule has 3 aliphatic heterocycles. The molecular weight excluding hydrogens is 412 g/mol. The normalized spacial score (nSPS) is 22.1. The summed E-state index contributed by atoms with van der Waals surface area (Å²) in [7, 11) is 0. The molecule has 168 valence electrons. The Morgan fingerprint density at radius 3 is 2.47 bits per heavy atom. The third-order valence-electron chi connectivity index (χ3n) is 7.05. The van der Waals surface area contributed by atoms with Gasteiger partial charge in [0.15, 0.2) is 0 Å². The zero-order chi connectivity index (χ0) is 22.3. The fourth-order valence-corrected chi connectivity index (χ4v) is 4.93. The number of likely N-dealkylation sites (tertiary alicyclic amines) is 2. The van der Waals surface area contributed by atoms with E-state index in [-0.39, 0.29) is 23.9 Å². The van der Waals surface area contributed by atoms with Gasteiger partial charge in [0.25, 0.3) is 0 Å². The van der Waals surface area contributed by atoms with Crippen molar-refractivity contribution in [2.24, 2.45) is 5.41 Å². The standard InChI is InChI=1S/C22H26N6O4/c1-15-18(13-32-20(15)30)27-11-8-22(21(27)31)6-9-26(10-7-22)12-19(29)16-2-4-17(5-3-16)28-14-23-24-25-28/h2-5,14,19,29H,6-13H2,1H3/t19-/m1/s1. The minimum atomic E-state index is -0.614. The van der Waals surface area contributed by atoms with Crippen LogP contribution in [0.1, 0.15) is 37.9 Å². The minimum Gasteiger partial charge on any atom is -0.456 e. The lowest BCUT2D eigenvalue weighted by atomic mass is 9.77. The van der Waals surface area contributed by atoms with Crippen LogP contribution in [0.4, 0.5) is 0 Å². The van der Waals surface area contributed by atoms with Gasteiger partial charge in [0.1, 0.15) is 12.9 Å². The summed E-state index contributed by atoms with van der Waals surface area (Å²) in [5.74, 6) is -0.216. The molecule has 1 aromatic carbocycles. The van der Waals surface area contributed by atoms with Crippen molar-refractivity contribution in [1.82, 2.24) is 30.0 Å². The quantitative estimate of drug-likeness (QED) is 0.684.